The Bertz CT molecular complexity index is 531. The van der Waals surface area contributed by atoms with Crippen molar-refractivity contribution < 1.29 is 24.5 Å². The third kappa shape index (κ3) is 3.18. The molecule has 1 aromatic rings. The summed E-state index contributed by atoms with van der Waals surface area (Å²) in [7, 11) is 0. The molecule has 0 aliphatic carbocycles. The summed E-state index contributed by atoms with van der Waals surface area (Å²) >= 11 is 0. The number of carboxylic acids is 1. The molecule has 108 valence electrons. The van der Waals surface area contributed by atoms with E-state index in [1.807, 2.05) is 6.92 Å². The standard InChI is InChI=1S/C13H16N2O5/c1-7-9(4-5-20-7)14-13(19)15-10-3-2-8(12(17)18)6-11(10)16/h2-3,6-7,9,16H,4-5H2,1H3,(H,17,18)(H2,14,15,19). The second kappa shape index (κ2) is 5.79. The minimum Gasteiger partial charge on any atom is -0.506 e. The molecule has 1 aliphatic rings. The molecule has 1 fully saturated rings. The van der Waals surface area contributed by atoms with Crippen LogP contribution in [0.3, 0.4) is 0 Å². The van der Waals surface area contributed by atoms with Crippen molar-refractivity contribution in [2.75, 3.05) is 11.9 Å². The molecule has 0 bridgehead atoms. The lowest BCUT2D eigenvalue weighted by atomic mass is 10.1. The molecule has 7 nitrogen and oxygen atoms in total. The highest BCUT2D eigenvalue weighted by atomic mass is 16.5. The number of carbonyl (C=O) groups excluding carboxylic acids is 1. The first-order valence-corrected chi connectivity index (χ1v) is 6.23. The summed E-state index contributed by atoms with van der Waals surface area (Å²) in [5.41, 5.74) is 0.102. The lowest BCUT2D eigenvalue weighted by Crippen LogP contribution is -2.41. The van der Waals surface area contributed by atoms with Gasteiger partial charge in [-0.1, -0.05) is 0 Å². The molecule has 2 atom stereocenters. The number of ether oxygens (including phenoxy) is 1. The number of carboxylic acid groups (broad SMARTS) is 1. The lowest BCUT2D eigenvalue weighted by Gasteiger charge is -2.17. The van der Waals surface area contributed by atoms with Crippen LogP contribution in [-0.4, -0.2) is 41.0 Å². The Morgan fingerprint density at radius 3 is 2.70 bits per heavy atom. The number of hydrogen-bond acceptors (Lipinski definition) is 4. The molecule has 1 heterocycles. The van der Waals surface area contributed by atoms with Gasteiger partial charge < -0.3 is 25.6 Å². The van der Waals surface area contributed by atoms with Crippen molar-refractivity contribution in [3.05, 3.63) is 23.8 Å². The van der Waals surface area contributed by atoms with Crippen LogP contribution in [0.1, 0.15) is 23.7 Å². The minimum absolute atomic E-state index is 0.0497. The monoisotopic (exact) mass is 280 g/mol. The van der Waals surface area contributed by atoms with E-state index in [0.29, 0.717) is 6.61 Å². The molecule has 2 amide bonds. The van der Waals surface area contributed by atoms with E-state index < -0.39 is 12.0 Å². The maximum Gasteiger partial charge on any atom is 0.335 e. The fraction of sp³-hybridized carbons (Fsp3) is 0.385. The summed E-state index contributed by atoms with van der Waals surface area (Å²) < 4.78 is 5.33. The van der Waals surface area contributed by atoms with Gasteiger partial charge in [-0.05, 0) is 31.5 Å². The second-order valence-corrected chi connectivity index (χ2v) is 4.61. The van der Waals surface area contributed by atoms with Crippen LogP contribution in [0.5, 0.6) is 5.75 Å². The molecule has 20 heavy (non-hydrogen) atoms. The van der Waals surface area contributed by atoms with Crippen molar-refractivity contribution in [2.45, 2.75) is 25.5 Å². The van der Waals surface area contributed by atoms with E-state index in [4.69, 9.17) is 9.84 Å². The maximum atomic E-state index is 11.8. The molecular formula is C13H16N2O5. The number of phenolic OH excluding ortho intramolecular Hbond substituents is 1. The van der Waals surface area contributed by atoms with Gasteiger partial charge in [0.1, 0.15) is 5.75 Å². The zero-order valence-corrected chi connectivity index (χ0v) is 10.9. The number of urea groups is 1. The number of carbonyl (C=O) groups is 2. The van der Waals surface area contributed by atoms with E-state index in [0.717, 1.165) is 12.5 Å². The lowest BCUT2D eigenvalue weighted by molar-refractivity contribution is 0.0696. The molecule has 2 rings (SSSR count). The zero-order valence-electron chi connectivity index (χ0n) is 10.9. The van der Waals surface area contributed by atoms with Gasteiger partial charge >= 0.3 is 12.0 Å². The van der Waals surface area contributed by atoms with Crippen LogP contribution >= 0.6 is 0 Å². The van der Waals surface area contributed by atoms with Crippen LogP contribution < -0.4 is 10.6 Å². The highest BCUT2D eigenvalue weighted by Gasteiger charge is 2.25. The zero-order chi connectivity index (χ0) is 14.7. The summed E-state index contributed by atoms with van der Waals surface area (Å²) in [6.07, 6.45) is 0.683. The van der Waals surface area contributed by atoms with Crippen LogP contribution in [0.4, 0.5) is 10.5 Å². The van der Waals surface area contributed by atoms with Gasteiger partial charge in [-0.2, -0.15) is 0 Å². The van der Waals surface area contributed by atoms with E-state index >= 15 is 0 Å². The van der Waals surface area contributed by atoms with E-state index in [2.05, 4.69) is 10.6 Å². The van der Waals surface area contributed by atoms with Gasteiger partial charge in [0.15, 0.2) is 0 Å². The summed E-state index contributed by atoms with van der Waals surface area (Å²) in [6, 6.07) is 3.19. The van der Waals surface area contributed by atoms with Crippen molar-refractivity contribution in [1.82, 2.24) is 5.32 Å². The average Bonchev–Trinajstić information content (AvgIpc) is 2.77. The number of benzene rings is 1. The predicted octanol–water partition coefficient (Wildman–Crippen LogP) is 1.39. The molecule has 1 aliphatic heterocycles. The van der Waals surface area contributed by atoms with Gasteiger partial charge in [0.2, 0.25) is 0 Å². The summed E-state index contributed by atoms with van der Waals surface area (Å²) in [5, 5.41) is 23.7. The Balaban J connectivity index is 1.99. The maximum absolute atomic E-state index is 11.8. The summed E-state index contributed by atoms with van der Waals surface area (Å²) in [5.74, 6) is -1.44. The minimum atomic E-state index is -1.15. The Kier molecular flexibility index (Phi) is 4.09. The smallest absolute Gasteiger partial charge is 0.335 e. The predicted molar refractivity (Wildman–Crippen MR) is 71.0 cm³/mol. The Morgan fingerprint density at radius 2 is 2.15 bits per heavy atom. The first kappa shape index (κ1) is 14.1. The highest BCUT2D eigenvalue weighted by molar-refractivity contribution is 5.93. The number of amides is 2. The third-order valence-electron chi connectivity index (χ3n) is 3.19. The molecule has 2 unspecified atom stereocenters. The van der Waals surface area contributed by atoms with E-state index in [1.165, 1.54) is 12.1 Å². The number of hydrogen-bond donors (Lipinski definition) is 4. The molecule has 0 radical (unpaired) electrons. The first-order valence-electron chi connectivity index (χ1n) is 6.23. The molecule has 0 saturated carbocycles. The number of nitrogens with one attached hydrogen (secondary N) is 2. The fourth-order valence-corrected chi connectivity index (χ4v) is 2.02. The quantitative estimate of drug-likeness (QED) is 0.626. The highest BCUT2D eigenvalue weighted by Crippen LogP contribution is 2.24. The van der Waals surface area contributed by atoms with Crippen molar-refractivity contribution in [3.8, 4) is 5.75 Å². The van der Waals surface area contributed by atoms with E-state index in [1.54, 1.807) is 0 Å². The van der Waals surface area contributed by atoms with Crippen LogP contribution in [0.2, 0.25) is 0 Å². The normalized spacial score (nSPS) is 21.4. The van der Waals surface area contributed by atoms with Gasteiger partial charge in [0.25, 0.3) is 0 Å². The van der Waals surface area contributed by atoms with E-state index in [-0.39, 0.29) is 29.1 Å². The molecule has 1 aromatic carbocycles. The fourth-order valence-electron chi connectivity index (χ4n) is 2.02. The van der Waals surface area contributed by atoms with Crippen LogP contribution in [-0.2, 0) is 4.74 Å². The van der Waals surface area contributed by atoms with Crippen LogP contribution in [0, 0.1) is 0 Å². The van der Waals surface area contributed by atoms with Crippen LogP contribution in [0.25, 0.3) is 0 Å². The van der Waals surface area contributed by atoms with E-state index in [9.17, 15) is 14.7 Å². The largest absolute Gasteiger partial charge is 0.506 e. The van der Waals surface area contributed by atoms with Gasteiger partial charge in [0, 0.05) is 6.61 Å². The Hall–Kier alpha value is -2.28. The van der Waals surface area contributed by atoms with Crippen molar-refractivity contribution >= 4 is 17.7 Å². The Labute approximate surface area is 115 Å². The van der Waals surface area contributed by atoms with Crippen molar-refractivity contribution in [3.63, 3.8) is 0 Å². The molecule has 4 N–H and O–H groups in total. The second-order valence-electron chi connectivity index (χ2n) is 4.61. The topological polar surface area (TPSA) is 108 Å². The number of rotatable bonds is 3. The van der Waals surface area contributed by atoms with Gasteiger partial charge in [0.05, 0.1) is 23.4 Å². The summed E-state index contributed by atoms with van der Waals surface area (Å²) in [4.78, 5) is 22.5. The average molecular weight is 280 g/mol. The van der Waals surface area contributed by atoms with Crippen molar-refractivity contribution in [1.29, 1.82) is 0 Å². The molecule has 0 spiro atoms. The van der Waals surface area contributed by atoms with Gasteiger partial charge in [-0.15, -0.1) is 0 Å². The summed E-state index contributed by atoms with van der Waals surface area (Å²) in [6.45, 7) is 2.47. The van der Waals surface area contributed by atoms with Crippen LogP contribution in [0.15, 0.2) is 18.2 Å². The van der Waals surface area contributed by atoms with Crippen molar-refractivity contribution in [2.24, 2.45) is 0 Å². The number of aromatic hydroxyl groups is 1. The molecular weight excluding hydrogens is 264 g/mol. The number of anilines is 1. The third-order valence-corrected chi connectivity index (χ3v) is 3.19. The number of phenols is 1. The van der Waals surface area contributed by atoms with Gasteiger partial charge in [-0.3, -0.25) is 0 Å². The number of aromatic carboxylic acids is 1. The molecule has 0 aromatic heterocycles. The SMILES string of the molecule is CC1OCCC1NC(=O)Nc1ccc(C(=O)O)cc1O. The molecule has 1 saturated heterocycles. The van der Waals surface area contributed by atoms with Gasteiger partial charge in [-0.25, -0.2) is 9.59 Å². The Morgan fingerprint density at radius 1 is 1.40 bits per heavy atom. The molecule has 7 heteroatoms. The first-order chi connectivity index (χ1) is 9.47.